The van der Waals surface area contributed by atoms with Gasteiger partial charge in [-0.05, 0) is 42.5 Å². The second-order valence-corrected chi connectivity index (χ2v) is 5.72. The molecule has 120 valence electrons. The Morgan fingerprint density at radius 2 is 1.78 bits per heavy atom. The van der Waals surface area contributed by atoms with Crippen LogP contribution in [-0.2, 0) is 16.0 Å². The number of ether oxygens (including phenoxy) is 1. The highest BCUT2D eigenvalue weighted by molar-refractivity contribution is 7.98. The molecule has 4 nitrogen and oxygen atoms in total. The zero-order valence-corrected chi connectivity index (χ0v) is 14.0. The van der Waals surface area contributed by atoms with Crippen molar-refractivity contribution in [1.29, 1.82) is 0 Å². The second-order valence-electron chi connectivity index (χ2n) is 4.88. The minimum absolute atomic E-state index is 0.308. The van der Waals surface area contributed by atoms with E-state index in [2.05, 4.69) is 5.32 Å². The molecule has 23 heavy (non-hydrogen) atoms. The Labute approximate surface area is 140 Å². The van der Waals surface area contributed by atoms with Gasteiger partial charge < -0.3 is 10.1 Å². The Kier molecular flexibility index (Phi) is 6.23. The number of aryl methyl sites for hydroxylation is 1. The van der Waals surface area contributed by atoms with Crippen LogP contribution in [0.5, 0.6) is 0 Å². The molecule has 0 atom stereocenters. The number of rotatable bonds is 6. The zero-order chi connectivity index (χ0) is 16.7. The van der Waals surface area contributed by atoms with Crippen molar-refractivity contribution < 1.29 is 14.3 Å². The number of carbonyl (C=O) groups excluding carboxylic acids is 2. The molecule has 5 heteroatoms. The minimum Gasteiger partial charge on any atom is -0.452 e. The fourth-order valence-corrected chi connectivity index (χ4v) is 2.58. The predicted molar refractivity (Wildman–Crippen MR) is 93.0 cm³/mol. The molecular weight excluding hydrogens is 310 g/mol. The van der Waals surface area contributed by atoms with Crippen LogP contribution in [0.15, 0.2) is 53.4 Å². The van der Waals surface area contributed by atoms with Gasteiger partial charge in [-0.2, -0.15) is 0 Å². The van der Waals surface area contributed by atoms with E-state index in [1.54, 1.807) is 12.1 Å². The summed E-state index contributed by atoms with van der Waals surface area (Å²) in [5, 5.41) is 2.75. The molecule has 1 N–H and O–H groups in total. The van der Waals surface area contributed by atoms with E-state index in [0.717, 1.165) is 16.9 Å². The smallest absolute Gasteiger partial charge is 0.338 e. The first-order valence-corrected chi connectivity index (χ1v) is 8.55. The van der Waals surface area contributed by atoms with Gasteiger partial charge in [0.2, 0.25) is 0 Å². The zero-order valence-electron chi connectivity index (χ0n) is 13.2. The number of anilines is 1. The summed E-state index contributed by atoms with van der Waals surface area (Å²) in [5.41, 5.74) is 2.31. The van der Waals surface area contributed by atoms with Crippen molar-refractivity contribution in [1.82, 2.24) is 0 Å². The predicted octanol–water partition coefficient (Wildman–Crippen LogP) is 3.77. The van der Waals surface area contributed by atoms with Crippen molar-refractivity contribution >= 4 is 29.3 Å². The molecule has 2 rings (SSSR count). The summed E-state index contributed by atoms with van der Waals surface area (Å²) in [4.78, 5) is 24.8. The lowest BCUT2D eigenvalue weighted by Gasteiger charge is -2.09. The Morgan fingerprint density at radius 1 is 1.09 bits per heavy atom. The molecule has 0 unspecified atom stereocenters. The fourth-order valence-electron chi connectivity index (χ4n) is 2.03. The lowest BCUT2D eigenvalue weighted by molar-refractivity contribution is -0.119. The summed E-state index contributed by atoms with van der Waals surface area (Å²) in [7, 11) is 0. The average Bonchev–Trinajstić information content (AvgIpc) is 2.60. The largest absolute Gasteiger partial charge is 0.452 e. The Bertz CT molecular complexity index is 683. The Balaban J connectivity index is 1.89. The summed E-state index contributed by atoms with van der Waals surface area (Å²) in [6, 6.07) is 14.7. The molecule has 1 amide bonds. The summed E-state index contributed by atoms with van der Waals surface area (Å²) in [5.74, 6) is -0.856. The van der Waals surface area contributed by atoms with E-state index in [1.165, 1.54) is 11.8 Å². The first-order valence-electron chi connectivity index (χ1n) is 7.33. The van der Waals surface area contributed by atoms with E-state index in [-0.39, 0.29) is 12.5 Å². The first-order chi connectivity index (χ1) is 11.1. The number of benzene rings is 2. The number of carbonyl (C=O) groups is 2. The molecule has 0 bridgehead atoms. The van der Waals surface area contributed by atoms with Crippen LogP contribution >= 0.6 is 11.8 Å². The van der Waals surface area contributed by atoms with Crippen molar-refractivity contribution in [3.8, 4) is 0 Å². The summed E-state index contributed by atoms with van der Waals surface area (Å²) in [6.07, 6.45) is 2.84. The van der Waals surface area contributed by atoms with E-state index >= 15 is 0 Å². The molecule has 0 saturated carbocycles. The van der Waals surface area contributed by atoms with Crippen molar-refractivity contribution in [2.45, 2.75) is 18.2 Å². The van der Waals surface area contributed by atoms with Gasteiger partial charge in [-0.25, -0.2) is 4.79 Å². The van der Waals surface area contributed by atoms with E-state index in [1.807, 2.05) is 49.6 Å². The normalized spacial score (nSPS) is 10.2. The van der Waals surface area contributed by atoms with Gasteiger partial charge in [0.15, 0.2) is 6.61 Å². The van der Waals surface area contributed by atoms with Gasteiger partial charge in [-0.3, -0.25) is 4.79 Å². The number of para-hydroxylation sites is 1. The number of nitrogens with one attached hydrogen (secondary N) is 1. The molecule has 2 aromatic carbocycles. The van der Waals surface area contributed by atoms with Crippen LogP contribution in [0.4, 0.5) is 5.69 Å². The van der Waals surface area contributed by atoms with E-state index in [0.29, 0.717) is 11.3 Å². The molecule has 0 aliphatic heterocycles. The average molecular weight is 329 g/mol. The van der Waals surface area contributed by atoms with Crippen LogP contribution in [0.1, 0.15) is 22.8 Å². The monoisotopic (exact) mass is 329 g/mol. The third-order valence-corrected chi connectivity index (χ3v) is 4.11. The molecule has 0 heterocycles. The van der Waals surface area contributed by atoms with Crippen LogP contribution in [0.2, 0.25) is 0 Å². The maximum absolute atomic E-state index is 11.9. The number of hydrogen-bond donors (Lipinski definition) is 1. The van der Waals surface area contributed by atoms with Crippen LogP contribution in [-0.4, -0.2) is 24.7 Å². The maximum atomic E-state index is 11.9. The standard InChI is InChI=1S/C18H19NO3S/c1-3-13-8-10-14(11-9-13)18(21)22-12-17(20)19-15-6-4-5-7-16(15)23-2/h4-11H,3,12H2,1-2H3,(H,19,20). The Morgan fingerprint density at radius 3 is 2.43 bits per heavy atom. The minimum atomic E-state index is -0.499. The molecule has 0 aliphatic rings. The fraction of sp³-hybridized carbons (Fsp3) is 0.222. The van der Waals surface area contributed by atoms with Crippen molar-refractivity contribution in [3.63, 3.8) is 0 Å². The van der Waals surface area contributed by atoms with E-state index in [4.69, 9.17) is 4.74 Å². The van der Waals surface area contributed by atoms with E-state index in [9.17, 15) is 9.59 Å². The molecule has 2 aromatic rings. The molecular formula is C18H19NO3S. The maximum Gasteiger partial charge on any atom is 0.338 e. The van der Waals surface area contributed by atoms with Gasteiger partial charge in [0.25, 0.3) is 5.91 Å². The molecule has 0 saturated heterocycles. The highest BCUT2D eigenvalue weighted by atomic mass is 32.2. The molecule has 0 aliphatic carbocycles. The van der Waals surface area contributed by atoms with Gasteiger partial charge in [0.1, 0.15) is 0 Å². The van der Waals surface area contributed by atoms with Crippen molar-refractivity contribution in [2.75, 3.05) is 18.2 Å². The van der Waals surface area contributed by atoms with Gasteiger partial charge in [-0.1, -0.05) is 31.2 Å². The summed E-state index contributed by atoms with van der Waals surface area (Å²) in [6.45, 7) is 1.74. The summed E-state index contributed by atoms with van der Waals surface area (Å²) >= 11 is 1.54. The summed E-state index contributed by atoms with van der Waals surface area (Å²) < 4.78 is 5.05. The van der Waals surface area contributed by atoms with Crippen molar-refractivity contribution in [3.05, 3.63) is 59.7 Å². The molecule has 0 fully saturated rings. The van der Waals surface area contributed by atoms with Gasteiger partial charge in [0.05, 0.1) is 11.3 Å². The van der Waals surface area contributed by atoms with Crippen molar-refractivity contribution in [2.24, 2.45) is 0 Å². The number of thioether (sulfide) groups is 1. The second kappa shape index (κ2) is 8.39. The van der Waals surface area contributed by atoms with Crippen LogP contribution in [0.3, 0.4) is 0 Å². The molecule has 0 aromatic heterocycles. The lowest BCUT2D eigenvalue weighted by Crippen LogP contribution is -2.21. The number of amides is 1. The van der Waals surface area contributed by atoms with Gasteiger partial charge in [0, 0.05) is 4.90 Å². The first kappa shape index (κ1) is 17.1. The SMILES string of the molecule is CCc1ccc(C(=O)OCC(=O)Nc2ccccc2SC)cc1. The Hall–Kier alpha value is -2.27. The van der Waals surface area contributed by atoms with Crippen LogP contribution in [0.25, 0.3) is 0 Å². The van der Waals surface area contributed by atoms with E-state index < -0.39 is 5.97 Å². The third-order valence-electron chi connectivity index (χ3n) is 3.31. The van der Waals surface area contributed by atoms with Gasteiger partial charge >= 0.3 is 5.97 Å². The lowest BCUT2D eigenvalue weighted by atomic mass is 10.1. The topological polar surface area (TPSA) is 55.4 Å². The quantitative estimate of drug-likeness (QED) is 0.647. The highest BCUT2D eigenvalue weighted by Gasteiger charge is 2.11. The van der Waals surface area contributed by atoms with Crippen LogP contribution in [0, 0.1) is 0 Å². The van der Waals surface area contributed by atoms with Crippen LogP contribution < -0.4 is 5.32 Å². The highest BCUT2D eigenvalue weighted by Crippen LogP contribution is 2.24. The van der Waals surface area contributed by atoms with Gasteiger partial charge in [-0.15, -0.1) is 11.8 Å². The molecule has 0 radical (unpaired) electrons. The molecule has 0 spiro atoms. The third kappa shape index (κ3) is 4.86. The number of esters is 1. The number of hydrogen-bond acceptors (Lipinski definition) is 4.